The maximum Gasteiger partial charge on any atom is 0.331 e. The standard InChI is InChI=1S/C23H33O5.Rh/c1-21-7-5-15(24)10-14(21)3-4-17-18(21)11-19(25)22(2)16(6-8-23(17,22)27)13-9-20(26)28-12-13;/h7,9,14-19,24-25,27H,3-6,8,10-12H2,1-2H3;/q-1;/t14-,15-,16-,17-,18+,19-,21+,22+,23+;/m1./s1. The third-order valence-corrected chi connectivity index (χ3v) is 9.76. The molecule has 0 unspecified atom stereocenters. The number of carbonyl (C=O) groups excluding carboxylic acids is 1. The smallest absolute Gasteiger partial charge is 0.331 e. The maximum absolute atomic E-state index is 12.1. The van der Waals surface area contributed by atoms with Crippen molar-refractivity contribution >= 4 is 5.97 Å². The Morgan fingerprint density at radius 2 is 1.90 bits per heavy atom. The van der Waals surface area contributed by atoms with Gasteiger partial charge in [-0.05, 0) is 49.5 Å². The first kappa shape index (κ1) is 21.9. The molecule has 0 aromatic carbocycles. The van der Waals surface area contributed by atoms with Crippen LogP contribution in [0.1, 0.15) is 58.8 Å². The van der Waals surface area contributed by atoms with E-state index >= 15 is 0 Å². The first-order chi connectivity index (χ1) is 13.2. The Hall–Kier alpha value is -0.287. The minimum Gasteiger partial charge on any atom is -0.458 e. The minimum absolute atomic E-state index is 0. The van der Waals surface area contributed by atoms with Crippen LogP contribution in [0.5, 0.6) is 0 Å². The fourth-order valence-corrected chi connectivity index (χ4v) is 8.11. The van der Waals surface area contributed by atoms with Gasteiger partial charge in [0.25, 0.3) is 0 Å². The molecule has 0 bridgehead atoms. The van der Waals surface area contributed by atoms with E-state index in [0.29, 0.717) is 31.8 Å². The third kappa shape index (κ3) is 2.81. The van der Waals surface area contributed by atoms with E-state index in [-0.39, 0.29) is 54.7 Å². The Labute approximate surface area is 186 Å². The number of carbonyl (C=O) groups is 1. The molecule has 0 spiro atoms. The number of hydrogen-bond acceptors (Lipinski definition) is 5. The van der Waals surface area contributed by atoms with Crippen molar-refractivity contribution in [2.24, 2.45) is 34.5 Å². The first-order valence-corrected chi connectivity index (χ1v) is 11.0. The van der Waals surface area contributed by atoms with Crippen molar-refractivity contribution in [2.75, 3.05) is 6.61 Å². The molecule has 1 aliphatic heterocycles. The van der Waals surface area contributed by atoms with Gasteiger partial charge in [0, 0.05) is 37.1 Å². The summed E-state index contributed by atoms with van der Waals surface area (Å²) in [4.78, 5) is 11.6. The third-order valence-electron chi connectivity index (χ3n) is 9.76. The maximum atomic E-state index is 12.1. The quantitative estimate of drug-likeness (QED) is 0.297. The second kappa shape index (κ2) is 7.12. The number of rotatable bonds is 1. The van der Waals surface area contributed by atoms with Crippen LogP contribution in [0.15, 0.2) is 11.6 Å². The number of fused-ring (bicyclic) bond motifs is 5. The molecule has 5 aliphatic rings. The van der Waals surface area contributed by atoms with Gasteiger partial charge >= 0.3 is 5.97 Å². The van der Waals surface area contributed by atoms with Crippen LogP contribution in [-0.4, -0.2) is 45.7 Å². The molecule has 6 heteroatoms. The average molecular weight is 492 g/mol. The van der Waals surface area contributed by atoms with Gasteiger partial charge in [-0.2, -0.15) is 11.8 Å². The molecule has 165 valence electrons. The molecule has 29 heavy (non-hydrogen) atoms. The van der Waals surface area contributed by atoms with Gasteiger partial charge < -0.3 is 26.5 Å². The molecule has 4 saturated carbocycles. The Morgan fingerprint density at radius 3 is 2.59 bits per heavy atom. The average Bonchev–Trinajstić information content (AvgIpc) is 3.19. The van der Waals surface area contributed by atoms with Crippen LogP contribution >= 0.6 is 0 Å². The van der Waals surface area contributed by atoms with Crippen molar-refractivity contribution in [3.8, 4) is 0 Å². The monoisotopic (exact) mass is 492 g/mol. The van der Waals surface area contributed by atoms with Crippen LogP contribution in [0.25, 0.3) is 0 Å². The van der Waals surface area contributed by atoms with Crippen LogP contribution in [0.3, 0.4) is 0 Å². The van der Waals surface area contributed by atoms with Crippen LogP contribution in [-0.2, 0) is 29.0 Å². The summed E-state index contributed by atoms with van der Waals surface area (Å²) >= 11 is 0. The van der Waals surface area contributed by atoms with E-state index in [1.54, 1.807) is 6.08 Å². The molecule has 3 N–H and O–H groups in total. The molecular weight excluding hydrogens is 459 g/mol. The van der Waals surface area contributed by atoms with Crippen LogP contribution < -0.4 is 0 Å². The number of esters is 1. The molecule has 9 atom stereocenters. The summed E-state index contributed by atoms with van der Waals surface area (Å²) < 4.78 is 5.15. The van der Waals surface area contributed by atoms with Gasteiger partial charge in [0.05, 0.1) is 11.7 Å². The van der Waals surface area contributed by atoms with Gasteiger partial charge in [0.15, 0.2) is 0 Å². The summed E-state index contributed by atoms with van der Waals surface area (Å²) in [5.74, 6) is 0.500. The number of hydrogen-bond donors (Lipinski definition) is 3. The zero-order valence-electron chi connectivity index (χ0n) is 17.3. The molecular formula is C23H33O5Rh-. The predicted octanol–water partition coefficient (Wildman–Crippen LogP) is 2.39. The van der Waals surface area contributed by atoms with E-state index < -0.39 is 17.1 Å². The van der Waals surface area contributed by atoms with E-state index in [2.05, 4.69) is 13.3 Å². The van der Waals surface area contributed by atoms with Crippen LogP contribution in [0, 0.1) is 40.9 Å². The summed E-state index contributed by atoms with van der Waals surface area (Å²) in [7, 11) is 0. The van der Waals surface area contributed by atoms with Gasteiger partial charge in [0.1, 0.15) is 6.61 Å². The molecule has 0 amide bonds. The molecule has 4 aliphatic carbocycles. The van der Waals surface area contributed by atoms with E-state index in [4.69, 9.17) is 4.74 Å². The summed E-state index contributed by atoms with van der Waals surface area (Å²) in [6.45, 7) is 4.62. The van der Waals surface area contributed by atoms with Gasteiger partial charge in [-0.3, -0.25) is 0 Å². The van der Waals surface area contributed by atoms with Crippen molar-refractivity contribution in [3.63, 3.8) is 0 Å². The zero-order valence-corrected chi connectivity index (χ0v) is 18.9. The Morgan fingerprint density at radius 1 is 1.14 bits per heavy atom. The van der Waals surface area contributed by atoms with Crippen molar-refractivity contribution in [1.82, 2.24) is 0 Å². The second-order valence-electron chi connectivity index (χ2n) is 10.6. The number of aliphatic hydroxyl groups excluding tert-OH is 2. The predicted molar refractivity (Wildman–Crippen MR) is 103 cm³/mol. The van der Waals surface area contributed by atoms with Crippen molar-refractivity contribution in [3.05, 3.63) is 18.1 Å². The molecule has 5 nitrogen and oxygen atoms in total. The van der Waals surface area contributed by atoms with Gasteiger partial charge in [-0.15, -0.1) is 0 Å². The Bertz CT molecular complexity index is 724. The van der Waals surface area contributed by atoms with Crippen molar-refractivity contribution < 1.29 is 44.3 Å². The number of aliphatic hydroxyl groups is 3. The summed E-state index contributed by atoms with van der Waals surface area (Å²) in [6, 6.07) is 0. The Kier molecular flexibility index (Phi) is 5.38. The fourth-order valence-electron chi connectivity index (χ4n) is 8.11. The van der Waals surface area contributed by atoms with Crippen LogP contribution in [0.2, 0.25) is 0 Å². The molecule has 1 radical (unpaired) electrons. The Balaban J connectivity index is 0.00000205. The van der Waals surface area contributed by atoms with Gasteiger partial charge in [-0.25, -0.2) is 4.79 Å². The molecule has 1 heterocycles. The zero-order chi connectivity index (χ0) is 19.9. The topological polar surface area (TPSA) is 87.0 Å². The molecule has 0 aromatic rings. The van der Waals surface area contributed by atoms with Crippen molar-refractivity contribution in [2.45, 2.75) is 76.6 Å². The van der Waals surface area contributed by atoms with E-state index in [1.807, 2.05) is 6.92 Å². The molecule has 0 saturated heterocycles. The minimum atomic E-state index is -0.926. The normalized spacial score (nSPS) is 53.8. The summed E-state index contributed by atoms with van der Waals surface area (Å²) in [5, 5.41) is 33.7. The first-order valence-electron chi connectivity index (χ1n) is 11.0. The van der Waals surface area contributed by atoms with Gasteiger partial charge in [-0.1, -0.05) is 32.1 Å². The molecule has 5 rings (SSSR count). The van der Waals surface area contributed by atoms with E-state index in [0.717, 1.165) is 31.3 Å². The number of cyclic esters (lactones) is 1. The summed E-state index contributed by atoms with van der Waals surface area (Å²) in [5.41, 5.74) is -0.673. The van der Waals surface area contributed by atoms with E-state index in [1.165, 1.54) is 0 Å². The largest absolute Gasteiger partial charge is 0.458 e. The van der Waals surface area contributed by atoms with Crippen LogP contribution in [0.4, 0.5) is 0 Å². The fraction of sp³-hybridized carbons (Fsp3) is 0.826. The van der Waals surface area contributed by atoms with Gasteiger partial charge in [0.2, 0.25) is 0 Å². The van der Waals surface area contributed by atoms with E-state index in [9.17, 15) is 20.1 Å². The molecule has 0 aromatic heterocycles. The number of ether oxygens (including phenoxy) is 1. The van der Waals surface area contributed by atoms with Crippen molar-refractivity contribution in [1.29, 1.82) is 0 Å². The SMILES string of the molecule is C[C@]12[CH-]C[C@@H](O)C[C@H]1CC[C@@H]1[C@@H]2C[C@@H](O)[C@]2(C)[C@@H](C3=CC(=O)OC3)CC[C@]12O.[Rh]. The second-order valence-corrected chi connectivity index (χ2v) is 10.6. The summed E-state index contributed by atoms with van der Waals surface area (Å²) in [6.07, 6.45) is 8.65. The molecule has 4 fully saturated rings.